The van der Waals surface area contributed by atoms with E-state index in [-0.39, 0.29) is 43.5 Å². The molecule has 0 fully saturated rings. The summed E-state index contributed by atoms with van der Waals surface area (Å²) >= 11 is 0. The van der Waals surface area contributed by atoms with Gasteiger partial charge in [0.15, 0.2) is 5.78 Å². The molecule has 1 nitrogen and oxygen atoms in total. The number of rotatable bonds is 4. The Labute approximate surface area is 143 Å². The zero-order valence-electron chi connectivity index (χ0n) is 10.3. The van der Waals surface area contributed by atoms with E-state index in [0.717, 1.165) is 11.1 Å². The molecule has 0 spiro atoms. The van der Waals surface area contributed by atoms with Crippen molar-refractivity contribution in [3.05, 3.63) is 83.9 Å². The van der Waals surface area contributed by atoms with E-state index in [1.54, 1.807) is 12.2 Å². The Morgan fingerprint density at radius 1 is 0.684 bits per heavy atom. The summed E-state index contributed by atoms with van der Waals surface area (Å²) in [6.07, 6.45) is 6.79. The second kappa shape index (κ2) is 8.87. The van der Waals surface area contributed by atoms with Crippen LogP contribution in [0.4, 0.5) is 0 Å². The van der Waals surface area contributed by atoms with Crippen LogP contribution in [0.15, 0.2) is 72.8 Å². The van der Waals surface area contributed by atoms with E-state index in [1.165, 1.54) is 0 Å². The molecule has 0 aliphatic carbocycles. The fourth-order valence-electron chi connectivity index (χ4n) is 1.54. The molecule has 0 N–H and O–H groups in total. The van der Waals surface area contributed by atoms with Crippen LogP contribution in [0.5, 0.6) is 0 Å². The van der Waals surface area contributed by atoms with Crippen LogP contribution < -0.4 is 0 Å². The van der Waals surface area contributed by atoms with Crippen LogP contribution in [0.25, 0.3) is 12.2 Å². The summed E-state index contributed by atoms with van der Waals surface area (Å²) in [6.45, 7) is 0. The van der Waals surface area contributed by atoms with Crippen molar-refractivity contribution in [2.45, 2.75) is 0 Å². The molecule has 0 bridgehead atoms. The van der Waals surface area contributed by atoms with Gasteiger partial charge in [-0.2, -0.15) is 0 Å². The molecule has 0 saturated carbocycles. The minimum Gasteiger partial charge on any atom is -0.290 e. The average molecular weight is 274 g/mol. The number of ketones is 1. The zero-order chi connectivity index (χ0) is 12.6. The SMILES string of the molecule is O=C(C=Cc1ccccc1)C=Cc1ccccc1.[Ar]. The summed E-state index contributed by atoms with van der Waals surface area (Å²) in [7, 11) is 0. The third-order valence-corrected chi connectivity index (χ3v) is 2.48. The predicted octanol–water partition coefficient (Wildman–Crippen LogP) is 3.98. The van der Waals surface area contributed by atoms with Crippen molar-refractivity contribution in [1.29, 1.82) is 0 Å². The predicted molar refractivity (Wildman–Crippen MR) is 76.0 cm³/mol. The second-order valence-electron chi connectivity index (χ2n) is 3.89. The van der Waals surface area contributed by atoms with Crippen LogP contribution in [-0.2, 0) is 4.79 Å². The number of allylic oxidation sites excluding steroid dienone is 2. The van der Waals surface area contributed by atoms with Crippen LogP contribution in [0.2, 0.25) is 0 Å². The van der Waals surface area contributed by atoms with Crippen LogP contribution in [0, 0.1) is 37.7 Å². The van der Waals surface area contributed by atoms with Crippen LogP contribution >= 0.6 is 0 Å². The summed E-state index contributed by atoms with van der Waals surface area (Å²) in [4.78, 5) is 11.6. The second-order valence-corrected chi connectivity index (χ2v) is 3.89. The van der Waals surface area contributed by atoms with Gasteiger partial charge in [0.05, 0.1) is 0 Å². The Bertz CT molecular complexity index is 505. The largest absolute Gasteiger partial charge is 0.290 e. The molecule has 0 saturated heterocycles. The summed E-state index contributed by atoms with van der Waals surface area (Å²) in [5.74, 6) is -0.0114. The molecule has 0 unspecified atom stereocenters. The van der Waals surface area contributed by atoms with Gasteiger partial charge in [-0.15, -0.1) is 0 Å². The van der Waals surface area contributed by atoms with E-state index >= 15 is 0 Å². The van der Waals surface area contributed by atoms with Gasteiger partial charge in [0.2, 0.25) is 0 Å². The van der Waals surface area contributed by atoms with Crippen LogP contribution in [0.1, 0.15) is 11.1 Å². The van der Waals surface area contributed by atoms with E-state index in [9.17, 15) is 4.79 Å². The number of hydrogen-bond acceptors (Lipinski definition) is 1. The molecular weight excluding hydrogens is 260 g/mol. The molecule has 2 aromatic carbocycles. The van der Waals surface area contributed by atoms with Gasteiger partial charge in [-0.05, 0) is 23.3 Å². The smallest absolute Gasteiger partial charge is 0.178 e. The number of hydrogen-bond donors (Lipinski definition) is 0. The molecule has 2 rings (SSSR count). The topological polar surface area (TPSA) is 17.1 Å². The van der Waals surface area contributed by atoms with Gasteiger partial charge in [-0.3, -0.25) is 4.79 Å². The summed E-state index contributed by atoms with van der Waals surface area (Å²) in [5, 5.41) is 0. The molecular formula is C17H14ArO. The van der Waals surface area contributed by atoms with Crippen molar-refractivity contribution < 1.29 is 42.5 Å². The molecule has 0 amide bonds. The van der Waals surface area contributed by atoms with Gasteiger partial charge in [0.1, 0.15) is 0 Å². The Balaban J connectivity index is 0.00000180. The molecule has 0 radical (unpaired) electrons. The normalized spacial score (nSPS) is 10.5. The van der Waals surface area contributed by atoms with Gasteiger partial charge in [0, 0.05) is 37.7 Å². The van der Waals surface area contributed by atoms with E-state index in [4.69, 9.17) is 0 Å². The summed E-state index contributed by atoms with van der Waals surface area (Å²) < 4.78 is 0. The Kier molecular flexibility index (Phi) is 7.42. The first-order valence-electron chi connectivity index (χ1n) is 5.85. The van der Waals surface area contributed by atoms with E-state index in [1.807, 2.05) is 72.8 Å². The Hall–Kier alpha value is -1.15. The number of benzene rings is 2. The third kappa shape index (κ3) is 6.02. The van der Waals surface area contributed by atoms with Crippen molar-refractivity contribution in [2.75, 3.05) is 0 Å². The van der Waals surface area contributed by atoms with Crippen molar-refractivity contribution in [1.82, 2.24) is 0 Å². The maximum absolute atomic E-state index is 11.6. The van der Waals surface area contributed by atoms with Crippen molar-refractivity contribution in [3.63, 3.8) is 0 Å². The molecule has 0 heterocycles. The maximum Gasteiger partial charge on any atom is 0.178 e. The molecule has 0 aliphatic heterocycles. The molecule has 0 aromatic heterocycles. The fourth-order valence-corrected chi connectivity index (χ4v) is 1.54. The number of carbonyl (C=O) groups excluding carboxylic acids is 1. The van der Waals surface area contributed by atoms with Crippen molar-refractivity contribution in [2.24, 2.45) is 0 Å². The Morgan fingerprint density at radius 2 is 1.05 bits per heavy atom. The first-order valence-corrected chi connectivity index (χ1v) is 5.85. The van der Waals surface area contributed by atoms with Gasteiger partial charge in [-0.25, -0.2) is 0 Å². The first-order chi connectivity index (χ1) is 8.84. The zero-order valence-corrected chi connectivity index (χ0v) is 11.1. The van der Waals surface area contributed by atoms with E-state index in [0.29, 0.717) is 0 Å². The van der Waals surface area contributed by atoms with Crippen LogP contribution in [0.3, 0.4) is 0 Å². The minimum absolute atomic E-state index is 0. The average Bonchev–Trinajstić information content (AvgIpc) is 2.45. The van der Waals surface area contributed by atoms with E-state index in [2.05, 4.69) is 0 Å². The van der Waals surface area contributed by atoms with Gasteiger partial charge < -0.3 is 0 Å². The summed E-state index contributed by atoms with van der Waals surface area (Å²) in [6, 6.07) is 19.6. The molecule has 96 valence electrons. The molecule has 0 atom stereocenters. The maximum atomic E-state index is 11.6. The third-order valence-electron chi connectivity index (χ3n) is 2.48. The minimum atomic E-state index is -0.0114. The van der Waals surface area contributed by atoms with Crippen molar-refractivity contribution >= 4 is 17.9 Å². The molecule has 2 heteroatoms. The standard InChI is InChI=1S/C17H14O.Ar/c18-17(13-11-15-7-3-1-4-8-15)14-12-16-9-5-2-6-10-16;/h1-14H;. The van der Waals surface area contributed by atoms with Gasteiger partial charge >= 0.3 is 0 Å². The monoisotopic (exact) mass is 274 g/mol. The fraction of sp³-hybridized carbons (Fsp3) is 0. The number of carbonyl (C=O) groups is 1. The first kappa shape index (κ1) is 15.9. The van der Waals surface area contributed by atoms with Crippen LogP contribution in [-0.4, -0.2) is 5.78 Å². The molecule has 0 aliphatic rings. The van der Waals surface area contributed by atoms with Gasteiger partial charge in [-0.1, -0.05) is 72.8 Å². The van der Waals surface area contributed by atoms with Crippen molar-refractivity contribution in [3.8, 4) is 0 Å². The molecule has 2 aromatic rings. The summed E-state index contributed by atoms with van der Waals surface area (Å²) in [5.41, 5.74) is 2.05. The van der Waals surface area contributed by atoms with E-state index < -0.39 is 0 Å². The Morgan fingerprint density at radius 3 is 1.42 bits per heavy atom. The quantitative estimate of drug-likeness (QED) is 0.771. The molecule has 19 heavy (non-hydrogen) atoms. The van der Waals surface area contributed by atoms with Gasteiger partial charge in [0.25, 0.3) is 0 Å².